The van der Waals surface area contributed by atoms with Crippen LogP contribution < -0.4 is 10.2 Å². The first-order valence-corrected chi connectivity index (χ1v) is 11.0. The summed E-state index contributed by atoms with van der Waals surface area (Å²) in [5, 5.41) is 3.02. The molecule has 0 radical (unpaired) electrons. The Balaban J connectivity index is 1.47. The first kappa shape index (κ1) is 20.2. The molecule has 5 heteroatoms. The molecule has 3 aromatic carbocycles. The molecular formula is C25H24N2O2S. The van der Waals surface area contributed by atoms with Crippen molar-refractivity contribution in [1.82, 2.24) is 0 Å². The van der Waals surface area contributed by atoms with E-state index in [1.165, 1.54) is 17.3 Å². The van der Waals surface area contributed by atoms with Crippen molar-refractivity contribution in [3.8, 4) is 0 Å². The molecule has 0 saturated carbocycles. The first-order chi connectivity index (χ1) is 14.5. The molecule has 1 aliphatic rings. The Morgan fingerprint density at radius 2 is 1.73 bits per heavy atom. The van der Waals surface area contributed by atoms with Crippen LogP contribution in [0.15, 0.2) is 71.6 Å². The van der Waals surface area contributed by atoms with Gasteiger partial charge in [0.25, 0.3) is 5.91 Å². The van der Waals surface area contributed by atoms with E-state index in [-0.39, 0.29) is 11.8 Å². The summed E-state index contributed by atoms with van der Waals surface area (Å²) in [6, 6.07) is 21.3. The summed E-state index contributed by atoms with van der Waals surface area (Å²) in [4.78, 5) is 28.4. The molecule has 1 N–H and O–H groups in total. The maximum Gasteiger partial charge on any atom is 0.256 e. The molecule has 0 saturated heterocycles. The summed E-state index contributed by atoms with van der Waals surface area (Å²) in [6.45, 7) is 4.74. The number of nitrogens with one attached hydrogen (secondary N) is 1. The molecule has 0 spiro atoms. The zero-order valence-corrected chi connectivity index (χ0v) is 18.0. The number of carbonyl (C=O) groups excluding carboxylic acids is 2. The molecule has 4 nitrogen and oxygen atoms in total. The van der Waals surface area contributed by atoms with E-state index >= 15 is 0 Å². The Bertz CT molecular complexity index is 1110. The monoisotopic (exact) mass is 416 g/mol. The summed E-state index contributed by atoms with van der Waals surface area (Å²) in [5.41, 5.74) is 5.79. The average Bonchev–Trinajstić information content (AvgIpc) is 3.20. The summed E-state index contributed by atoms with van der Waals surface area (Å²) >= 11 is 1.41. The minimum Gasteiger partial charge on any atom is -0.322 e. The summed E-state index contributed by atoms with van der Waals surface area (Å²) < 4.78 is 0. The SMILES string of the molecule is Cc1cccc(NC(=O)c2ccccc2SCC(=O)N2CCc3ccccc32)c1C. The minimum atomic E-state index is -0.161. The third-order valence-corrected chi connectivity index (χ3v) is 6.58. The van der Waals surface area contributed by atoms with Crippen LogP contribution in [0.1, 0.15) is 27.0 Å². The summed E-state index contributed by atoms with van der Waals surface area (Å²) in [5.74, 6) is 0.197. The predicted molar refractivity (Wildman–Crippen MR) is 124 cm³/mol. The van der Waals surface area contributed by atoms with E-state index in [2.05, 4.69) is 11.4 Å². The molecule has 0 unspecified atom stereocenters. The number of para-hydroxylation sites is 1. The lowest BCUT2D eigenvalue weighted by Gasteiger charge is -2.17. The predicted octanol–water partition coefficient (Wildman–Crippen LogP) is 5.24. The average molecular weight is 417 g/mol. The number of nitrogens with zero attached hydrogens (tertiary/aromatic N) is 1. The zero-order valence-electron chi connectivity index (χ0n) is 17.1. The topological polar surface area (TPSA) is 49.4 Å². The van der Waals surface area contributed by atoms with Gasteiger partial charge < -0.3 is 10.2 Å². The molecule has 0 aromatic heterocycles. The first-order valence-electron chi connectivity index (χ1n) is 10.0. The maximum absolute atomic E-state index is 12.9. The van der Waals surface area contributed by atoms with Gasteiger partial charge in [-0.2, -0.15) is 0 Å². The van der Waals surface area contributed by atoms with Gasteiger partial charge in [0.2, 0.25) is 5.91 Å². The highest BCUT2D eigenvalue weighted by Crippen LogP contribution is 2.30. The fourth-order valence-corrected chi connectivity index (χ4v) is 4.60. The van der Waals surface area contributed by atoms with Crippen LogP contribution in [-0.4, -0.2) is 24.1 Å². The van der Waals surface area contributed by atoms with Crippen molar-refractivity contribution in [3.05, 3.63) is 89.0 Å². The van der Waals surface area contributed by atoms with Crippen LogP contribution in [0.25, 0.3) is 0 Å². The Morgan fingerprint density at radius 3 is 2.60 bits per heavy atom. The zero-order chi connectivity index (χ0) is 21.1. The van der Waals surface area contributed by atoms with Gasteiger partial charge >= 0.3 is 0 Å². The molecule has 0 aliphatic carbocycles. The lowest BCUT2D eigenvalue weighted by atomic mass is 10.1. The van der Waals surface area contributed by atoms with Crippen LogP contribution in [0.5, 0.6) is 0 Å². The summed E-state index contributed by atoms with van der Waals surface area (Å²) in [7, 11) is 0. The van der Waals surface area contributed by atoms with Crippen molar-refractivity contribution >= 4 is 35.0 Å². The number of hydrogen-bond donors (Lipinski definition) is 1. The molecule has 0 bridgehead atoms. The fraction of sp³-hybridized carbons (Fsp3) is 0.200. The van der Waals surface area contributed by atoms with Crippen LogP contribution in [0, 0.1) is 13.8 Å². The van der Waals surface area contributed by atoms with E-state index in [4.69, 9.17) is 0 Å². The molecule has 4 rings (SSSR count). The number of amides is 2. The van der Waals surface area contributed by atoms with Crippen molar-refractivity contribution in [2.24, 2.45) is 0 Å². The fourth-order valence-electron chi connectivity index (χ4n) is 3.67. The minimum absolute atomic E-state index is 0.0645. The normalized spacial score (nSPS) is 12.5. The molecule has 152 valence electrons. The van der Waals surface area contributed by atoms with Gasteiger partial charge in [0.05, 0.1) is 11.3 Å². The van der Waals surface area contributed by atoms with E-state index in [0.29, 0.717) is 17.9 Å². The van der Waals surface area contributed by atoms with Crippen molar-refractivity contribution in [1.29, 1.82) is 0 Å². The van der Waals surface area contributed by atoms with E-state index < -0.39 is 0 Å². The molecule has 3 aromatic rings. The Kier molecular flexibility index (Phi) is 5.91. The highest BCUT2D eigenvalue weighted by atomic mass is 32.2. The second kappa shape index (κ2) is 8.76. The van der Waals surface area contributed by atoms with E-state index in [9.17, 15) is 9.59 Å². The van der Waals surface area contributed by atoms with Crippen LogP contribution in [0.2, 0.25) is 0 Å². The van der Waals surface area contributed by atoms with Gasteiger partial charge in [-0.3, -0.25) is 9.59 Å². The van der Waals surface area contributed by atoms with Gasteiger partial charge in [0, 0.05) is 22.8 Å². The molecule has 0 fully saturated rings. The van der Waals surface area contributed by atoms with E-state index in [1.807, 2.05) is 73.3 Å². The molecule has 30 heavy (non-hydrogen) atoms. The van der Waals surface area contributed by atoms with Crippen LogP contribution >= 0.6 is 11.8 Å². The number of anilines is 2. The number of rotatable bonds is 5. The number of hydrogen-bond acceptors (Lipinski definition) is 3. The number of aryl methyl sites for hydroxylation is 1. The number of fused-ring (bicyclic) bond motifs is 1. The third kappa shape index (κ3) is 4.12. The summed E-state index contributed by atoms with van der Waals surface area (Å²) in [6.07, 6.45) is 0.890. The van der Waals surface area contributed by atoms with Gasteiger partial charge in [0.1, 0.15) is 0 Å². The Morgan fingerprint density at radius 1 is 0.967 bits per heavy atom. The highest BCUT2D eigenvalue weighted by Gasteiger charge is 2.24. The molecule has 1 heterocycles. The van der Waals surface area contributed by atoms with E-state index in [0.717, 1.165) is 33.8 Å². The highest BCUT2D eigenvalue weighted by molar-refractivity contribution is 8.00. The Labute approximate surface area is 181 Å². The van der Waals surface area contributed by atoms with Crippen molar-refractivity contribution < 1.29 is 9.59 Å². The van der Waals surface area contributed by atoms with Gasteiger partial charge in [-0.05, 0) is 61.2 Å². The van der Waals surface area contributed by atoms with Crippen LogP contribution in [-0.2, 0) is 11.2 Å². The van der Waals surface area contributed by atoms with Gasteiger partial charge in [-0.1, -0.05) is 42.5 Å². The molecule has 2 amide bonds. The Hall–Kier alpha value is -3.05. The lowest BCUT2D eigenvalue weighted by Crippen LogP contribution is -2.30. The molecule has 1 aliphatic heterocycles. The van der Waals surface area contributed by atoms with Crippen molar-refractivity contribution in [2.45, 2.75) is 25.2 Å². The number of benzene rings is 3. The number of thioether (sulfide) groups is 1. The number of carbonyl (C=O) groups is 2. The van der Waals surface area contributed by atoms with Gasteiger partial charge in [0.15, 0.2) is 0 Å². The van der Waals surface area contributed by atoms with E-state index in [1.54, 1.807) is 6.07 Å². The second-order valence-corrected chi connectivity index (χ2v) is 8.43. The third-order valence-electron chi connectivity index (χ3n) is 5.52. The maximum atomic E-state index is 12.9. The van der Waals surface area contributed by atoms with Gasteiger partial charge in [-0.15, -0.1) is 11.8 Å². The standard InChI is InChI=1S/C25H24N2O2S/c1-17-8-7-11-21(18(17)2)26-25(29)20-10-4-6-13-23(20)30-16-24(28)27-15-14-19-9-3-5-12-22(19)27/h3-13H,14-16H2,1-2H3,(H,26,29). The quantitative estimate of drug-likeness (QED) is 0.579. The van der Waals surface area contributed by atoms with Gasteiger partial charge in [-0.25, -0.2) is 0 Å². The largest absolute Gasteiger partial charge is 0.322 e. The second-order valence-electron chi connectivity index (χ2n) is 7.41. The van der Waals surface area contributed by atoms with Crippen LogP contribution in [0.4, 0.5) is 11.4 Å². The molecular weight excluding hydrogens is 392 g/mol. The lowest BCUT2D eigenvalue weighted by molar-refractivity contribution is -0.116. The smallest absolute Gasteiger partial charge is 0.256 e. The van der Waals surface area contributed by atoms with Crippen LogP contribution in [0.3, 0.4) is 0 Å². The van der Waals surface area contributed by atoms with Crippen molar-refractivity contribution in [2.75, 3.05) is 22.5 Å². The van der Waals surface area contributed by atoms with Crippen molar-refractivity contribution in [3.63, 3.8) is 0 Å². The molecule has 0 atom stereocenters.